The van der Waals surface area contributed by atoms with E-state index in [9.17, 15) is 19.7 Å². The average molecular weight is 459 g/mol. The van der Waals surface area contributed by atoms with Crippen molar-refractivity contribution >= 4 is 28.9 Å². The number of nitro groups is 1. The van der Waals surface area contributed by atoms with E-state index in [0.29, 0.717) is 17.8 Å². The normalized spacial score (nSPS) is 12.7. The molecule has 0 fully saturated rings. The molecule has 0 spiro atoms. The molecule has 174 valence electrons. The molecule has 1 aliphatic heterocycles. The molecule has 0 aromatic heterocycles. The van der Waals surface area contributed by atoms with Gasteiger partial charge in [0.15, 0.2) is 0 Å². The first-order valence-electron chi connectivity index (χ1n) is 11.1. The Labute approximate surface area is 197 Å². The summed E-state index contributed by atoms with van der Waals surface area (Å²) in [6.07, 6.45) is 0.889. The van der Waals surface area contributed by atoms with Crippen molar-refractivity contribution in [3.8, 4) is 0 Å². The molecule has 2 amide bonds. The fourth-order valence-electron chi connectivity index (χ4n) is 4.05. The molecular formula is C26H26N4O4. The second-order valence-corrected chi connectivity index (χ2v) is 8.56. The summed E-state index contributed by atoms with van der Waals surface area (Å²) in [5.41, 5.74) is 4.51. The van der Waals surface area contributed by atoms with Crippen molar-refractivity contribution in [3.63, 3.8) is 0 Å². The van der Waals surface area contributed by atoms with E-state index < -0.39 is 10.8 Å². The number of fused-ring (bicyclic) bond motifs is 1. The van der Waals surface area contributed by atoms with Gasteiger partial charge in [0.25, 0.3) is 17.5 Å². The van der Waals surface area contributed by atoms with E-state index in [1.807, 2.05) is 32.0 Å². The smallest absolute Gasteiger partial charge is 0.269 e. The Morgan fingerprint density at radius 3 is 2.35 bits per heavy atom. The Morgan fingerprint density at radius 2 is 1.68 bits per heavy atom. The lowest BCUT2D eigenvalue weighted by Crippen LogP contribution is -2.35. The Hall–Kier alpha value is -4.20. The van der Waals surface area contributed by atoms with Gasteiger partial charge >= 0.3 is 0 Å². The Bertz CT molecular complexity index is 1240. The van der Waals surface area contributed by atoms with Gasteiger partial charge in [0.05, 0.1) is 10.5 Å². The first-order valence-corrected chi connectivity index (χ1v) is 11.1. The van der Waals surface area contributed by atoms with Crippen LogP contribution in [0.1, 0.15) is 45.7 Å². The Balaban J connectivity index is 1.60. The van der Waals surface area contributed by atoms with Crippen molar-refractivity contribution in [1.29, 1.82) is 0 Å². The maximum atomic E-state index is 13.1. The van der Waals surface area contributed by atoms with Crippen molar-refractivity contribution in [2.24, 2.45) is 0 Å². The monoisotopic (exact) mass is 458 g/mol. The van der Waals surface area contributed by atoms with Gasteiger partial charge in [-0.3, -0.25) is 19.7 Å². The zero-order valence-corrected chi connectivity index (χ0v) is 19.1. The van der Waals surface area contributed by atoms with Crippen LogP contribution >= 0.6 is 0 Å². The topological polar surface area (TPSA) is 105 Å². The third-order valence-electron chi connectivity index (χ3n) is 5.73. The highest BCUT2D eigenvalue weighted by molar-refractivity contribution is 6.06. The van der Waals surface area contributed by atoms with Crippen molar-refractivity contribution in [1.82, 2.24) is 5.32 Å². The van der Waals surface area contributed by atoms with E-state index in [2.05, 4.69) is 27.7 Å². The molecule has 0 bridgehead atoms. The number of benzene rings is 3. The minimum absolute atomic E-state index is 0.0409. The number of nitro benzene ring substituents is 1. The first kappa shape index (κ1) is 23.0. The minimum atomic E-state index is -0.515. The fraction of sp³-hybridized carbons (Fsp3) is 0.231. The van der Waals surface area contributed by atoms with Crippen LogP contribution in [0, 0.1) is 10.1 Å². The first-order chi connectivity index (χ1) is 16.3. The van der Waals surface area contributed by atoms with Crippen molar-refractivity contribution in [2.45, 2.75) is 32.9 Å². The summed E-state index contributed by atoms with van der Waals surface area (Å²) in [5, 5.41) is 16.6. The van der Waals surface area contributed by atoms with Crippen LogP contribution in [-0.2, 0) is 13.0 Å². The third-order valence-corrected chi connectivity index (χ3v) is 5.73. The number of hydrogen-bond donors (Lipinski definition) is 2. The Morgan fingerprint density at radius 1 is 0.971 bits per heavy atom. The number of nitrogens with zero attached hydrogens (tertiary/aromatic N) is 2. The molecule has 0 aliphatic carbocycles. The summed E-state index contributed by atoms with van der Waals surface area (Å²) in [6, 6.07) is 18.9. The lowest BCUT2D eigenvalue weighted by atomic mass is 9.98. The third kappa shape index (κ3) is 5.06. The van der Waals surface area contributed by atoms with E-state index in [1.54, 1.807) is 12.1 Å². The van der Waals surface area contributed by atoms with E-state index in [-0.39, 0.29) is 23.2 Å². The summed E-state index contributed by atoms with van der Waals surface area (Å²) in [6.45, 7) is 5.28. The van der Waals surface area contributed by atoms with Crippen LogP contribution in [0.5, 0.6) is 0 Å². The van der Waals surface area contributed by atoms with Gasteiger partial charge in [-0.25, -0.2) is 0 Å². The molecule has 1 aliphatic rings. The number of hydrogen-bond acceptors (Lipinski definition) is 5. The Kier molecular flexibility index (Phi) is 6.58. The number of carbonyl (C=O) groups is 2. The van der Waals surface area contributed by atoms with Crippen LogP contribution in [-0.4, -0.2) is 29.3 Å². The number of carbonyl (C=O) groups excluding carboxylic acids is 2. The van der Waals surface area contributed by atoms with Gasteiger partial charge in [0.1, 0.15) is 0 Å². The van der Waals surface area contributed by atoms with Crippen molar-refractivity contribution < 1.29 is 14.5 Å². The molecule has 3 aromatic rings. The molecule has 1 heterocycles. The number of anilines is 2. The van der Waals surface area contributed by atoms with Gasteiger partial charge in [-0.1, -0.05) is 24.3 Å². The molecule has 4 rings (SSSR count). The molecule has 0 unspecified atom stereocenters. The van der Waals surface area contributed by atoms with E-state index in [4.69, 9.17) is 0 Å². The summed E-state index contributed by atoms with van der Waals surface area (Å²) < 4.78 is 0. The average Bonchev–Trinajstić information content (AvgIpc) is 2.83. The highest BCUT2D eigenvalue weighted by atomic mass is 16.6. The summed E-state index contributed by atoms with van der Waals surface area (Å²) in [7, 11) is 0. The van der Waals surface area contributed by atoms with E-state index in [0.717, 1.165) is 18.7 Å². The molecule has 8 nitrogen and oxygen atoms in total. The van der Waals surface area contributed by atoms with Crippen LogP contribution in [0.25, 0.3) is 0 Å². The number of rotatable bonds is 6. The molecule has 0 saturated heterocycles. The van der Waals surface area contributed by atoms with Crippen LogP contribution < -0.4 is 15.5 Å². The summed E-state index contributed by atoms with van der Waals surface area (Å²) >= 11 is 0. The van der Waals surface area contributed by atoms with Gasteiger partial charge in [-0.2, -0.15) is 0 Å². The molecular weight excluding hydrogens is 432 g/mol. The van der Waals surface area contributed by atoms with Crippen LogP contribution in [0.2, 0.25) is 0 Å². The number of amides is 2. The molecule has 0 atom stereocenters. The van der Waals surface area contributed by atoms with Gasteiger partial charge in [-0.05, 0) is 61.7 Å². The summed E-state index contributed by atoms with van der Waals surface area (Å²) in [4.78, 5) is 38.3. The van der Waals surface area contributed by atoms with Gasteiger partial charge in [0, 0.05) is 48.2 Å². The largest absolute Gasteiger partial charge is 0.366 e. The molecule has 2 N–H and O–H groups in total. The molecule has 0 saturated carbocycles. The fourth-order valence-corrected chi connectivity index (χ4v) is 4.05. The second-order valence-electron chi connectivity index (χ2n) is 8.56. The van der Waals surface area contributed by atoms with Gasteiger partial charge in [0.2, 0.25) is 0 Å². The van der Waals surface area contributed by atoms with Crippen LogP contribution in [0.4, 0.5) is 17.1 Å². The zero-order chi connectivity index (χ0) is 24.2. The second kappa shape index (κ2) is 9.74. The van der Waals surface area contributed by atoms with Crippen molar-refractivity contribution in [2.75, 3.05) is 16.8 Å². The maximum Gasteiger partial charge on any atom is 0.269 e. The number of nitrogens with one attached hydrogen (secondary N) is 2. The summed E-state index contributed by atoms with van der Waals surface area (Å²) in [5.74, 6) is -0.625. The van der Waals surface area contributed by atoms with E-state index >= 15 is 0 Å². The van der Waals surface area contributed by atoms with Crippen LogP contribution in [0.15, 0.2) is 66.7 Å². The molecule has 0 radical (unpaired) electrons. The van der Waals surface area contributed by atoms with Gasteiger partial charge in [-0.15, -0.1) is 0 Å². The molecule has 3 aromatic carbocycles. The highest BCUT2D eigenvalue weighted by Gasteiger charge is 2.22. The van der Waals surface area contributed by atoms with Crippen LogP contribution in [0.3, 0.4) is 0 Å². The lowest BCUT2D eigenvalue weighted by molar-refractivity contribution is -0.384. The quantitative estimate of drug-likeness (QED) is 0.417. The predicted molar refractivity (Wildman–Crippen MR) is 131 cm³/mol. The van der Waals surface area contributed by atoms with E-state index in [1.165, 1.54) is 35.4 Å². The highest BCUT2D eigenvalue weighted by Crippen LogP contribution is 2.30. The molecule has 34 heavy (non-hydrogen) atoms. The SMILES string of the molecule is CC(C)NC(=O)c1cc(NC(=O)c2ccc([N+](=O)[O-])cc2)ccc1N1CCc2ccccc2C1. The lowest BCUT2D eigenvalue weighted by Gasteiger charge is -2.32. The predicted octanol–water partition coefficient (Wildman–Crippen LogP) is 4.55. The maximum absolute atomic E-state index is 13.1. The number of non-ortho nitro benzene ring substituents is 1. The van der Waals surface area contributed by atoms with Crippen molar-refractivity contribution in [3.05, 3.63) is 99.1 Å². The standard InChI is InChI=1S/C26H26N4O4/c1-17(2)27-26(32)23-15-21(28-25(31)19-7-10-22(11-8-19)30(33)34)9-12-24(23)29-14-13-18-5-3-4-6-20(18)16-29/h3-12,15,17H,13-14,16H2,1-2H3,(H,27,32)(H,28,31). The zero-order valence-electron chi connectivity index (χ0n) is 19.1. The molecule has 8 heteroatoms. The minimum Gasteiger partial charge on any atom is -0.366 e. The van der Waals surface area contributed by atoms with Gasteiger partial charge < -0.3 is 15.5 Å².